The van der Waals surface area contributed by atoms with Crippen LogP contribution in [0, 0.1) is 5.82 Å². The second-order valence-electron chi connectivity index (χ2n) is 5.09. The van der Waals surface area contributed by atoms with Gasteiger partial charge in [-0.05, 0) is 42.0 Å². The molecule has 0 aliphatic heterocycles. The SMILES string of the molecule is Cn1nc(-c2ccc(F)cc2)c(-c2ccncc2)c1CC(=O)[O-].[Li+]. The van der Waals surface area contributed by atoms with Crippen molar-refractivity contribution < 1.29 is 33.2 Å². The Labute approximate surface area is 150 Å². The summed E-state index contributed by atoms with van der Waals surface area (Å²) in [5.74, 6) is -1.53. The first-order chi connectivity index (χ1) is 11.1. The zero-order chi connectivity index (χ0) is 16.4. The monoisotopic (exact) mass is 317 g/mol. The number of hydrogen-bond donors (Lipinski definition) is 0. The molecule has 0 saturated carbocycles. The van der Waals surface area contributed by atoms with Gasteiger partial charge in [-0.2, -0.15) is 5.10 Å². The number of carboxylic acid groups (broad SMARTS) is 1. The first-order valence-corrected chi connectivity index (χ1v) is 6.98. The van der Waals surface area contributed by atoms with E-state index in [-0.39, 0.29) is 31.1 Å². The minimum absolute atomic E-state index is 0. The zero-order valence-electron chi connectivity index (χ0n) is 13.4. The summed E-state index contributed by atoms with van der Waals surface area (Å²) in [5.41, 5.74) is 3.30. The Kier molecular flexibility index (Phi) is 5.55. The molecule has 3 rings (SSSR count). The second-order valence-corrected chi connectivity index (χ2v) is 5.09. The molecule has 0 bridgehead atoms. The number of pyridine rings is 1. The topological polar surface area (TPSA) is 70.8 Å². The molecule has 0 fully saturated rings. The first kappa shape index (κ1) is 17.9. The van der Waals surface area contributed by atoms with Crippen molar-refractivity contribution in [1.29, 1.82) is 0 Å². The zero-order valence-corrected chi connectivity index (χ0v) is 13.4. The molecule has 2 heterocycles. The summed E-state index contributed by atoms with van der Waals surface area (Å²) in [6.45, 7) is 0. The Morgan fingerprint density at radius 1 is 1.12 bits per heavy atom. The van der Waals surface area contributed by atoms with Crippen molar-refractivity contribution >= 4 is 5.97 Å². The molecule has 5 nitrogen and oxygen atoms in total. The average Bonchev–Trinajstić information content (AvgIpc) is 2.85. The summed E-state index contributed by atoms with van der Waals surface area (Å²) < 4.78 is 14.7. The van der Waals surface area contributed by atoms with Crippen LogP contribution in [0.2, 0.25) is 0 Å². The van der Waals surface area contributed by atoms with Gasteiger partial charge in [-0.15, -0.1) is 0 Å². The van der Waals surface area contributed by atoms with Crippen molar-refractivity contribution in [3.8, 4) is 22.4 Å². The van der Waals surface area contributed by atoms with Gasteiger partial charge in [0.1, 0.15) is 11.5 Å². The van der Waals surface area contributed by atoms with E-state index in [0.717, 1.165) is 5.56 Å². The largest absolute Gasteiger partial charge is 1.00 e. The molecule has 0 spiro atoms. The quantitative estimate of drug-likeness (QED) is 0.554. The maximum Gasteiger partial charge on any atom is 1.00 e. The molecular formula is C17H13FLiN3O2. The van der Waals surface area contributed by atoms with Crippen LogP contribution < -0.4 is 24.0 Å². The minimum Gasteiger partial charge on any atom is -0.550 e. The average molecular weight is 317 g/mol. The van der Waals surface area contributed by atoms with Crippen LogP contribution in [-0.4, -0.2) is 20.7 Å². The van der Waals surface area contributed by atoms with Gasteiger partial charge in [0.05, 0.1) is 5.69 Å². The first-order valence-electron chi connectivity index (χ1n) is 6.98. The molecule has 3 aromatic rings. The molecule has 24 heavy (non-hydrogen) atoms. The molecule has 0 unspecified atom stereocenters. The standard InChI is InChI=1S/C17H14FN3O2.Li/c1-21-14(10-15(22)23)16(11-6-8-19-9-7-11)17(20-21)12-2-4-13(18)5-3-12;/h2-9H,10H2,1H3,(H,22,23);/q;+1/p-1. The molecule has 0 radical (unpaired) electrons. The molecule has 0 aliphatic rings. The van der Waals surface area contributed by atoms with Gasteiger partial charge >= 0.3 is 18.9 Å². The van der Waals surface area contributed by atoms with Crippen LogP contribution in [0.5, 0.6) is 0 Å². The van der Waals surface area contributed by atoms with E-state index in [4.69, 9.17) is 0 Å². The Morgan fingerprint density at radius 2 is 1.75 bits per heavy atom. The fourth-order valence-corrected chi connectivity index (χ4v) is 2.53. The van der Waals surface area contributed by atoms with Crippen LogP contribution in [0.1, 0.15) is 5.69 Å². The van der Waals surface area contributed by atoms with Gasteiger partial charge < -0.3 is 9.90 Å². The van der Waals surface area contributed by atoms with Gasteiger partial charge in [-0.25, -0.2) is 4.39 Å². The van der Waals surface area contributed by atoms with Crippen LogP contribution in [0.25, 0.3) is 22.4 Å². The van der Waals surface area contributed by atoms with Gasteiger partial charge in [0, 0.05) is 43.0 Å². The summed E-state index contributed by atoms with van der Waals surface area (Å²) in [7, 11) is 1.68. The predicted molar refractivity (Wildman–Crippen MR) is 80.5 cm³/mol. The fourth-order valence-electron chi connectivity index (χ4n) is 2.53. The molecule has 1 aromatic carbocycles. The minimum atomic E-state index is -1.19. The van der Waals surface area contributed by atoms with Crippen LogP contribution in [-0.2, 0) is 18.3 Å². The van der Waals surface area contributed by atoms with E-state index in [1.807, 2.05) is 0 Å². The number of carbonyl (C=O) groups is 1. The Balaban J connectivity index is 0.00000208. The van der Waals surface area contributed by atoms with Gasteiger partial charge in [-0.1, -0.05) is 0 Å². The summed E-state index contributed by atoms with van der Waals surface area (Å²) in [5, 5.41) is 15.5. The van der Waals surface area contributed by atoms with Crippen LogP contribution in [0.3, 0.4) is 0 Å². The van der Waals surface area contributed by atoms with Crippen molar-refractivity contribution in [2.45, 2.75) is 6.42 Å². The molecule has 0 aliphatic carbocycles. The molecule has 0 N–H and O–H groups in total. The van der Waals surface area contributed by atoms with Gasteiger partial charge in [0.25, 0.3) is 0 Å². The molecule has 116 valence electrons. The Morgan fingerprint density at radius 3 is 2.33 bits per heavy atom. The number of aryl methyl sites for hydroxylation is 1. The number of halogens is 1. The summed E-state index contributed by atoms with van der Waals surface area (Å²) in [4.78, 5) is 15.1. The predicted octanol–water partition coefficient (Wildman–Crippen LogP) is -1.42. The maximum absolute atomic E-state index is 13.2. The molecule has 0 atom stereocenters. The molecular weight excluding hydrogens is 304 g/mol. The Bertz CT molecular complexity index is 848. The third kappa shape index (κ3) is 3.56. The number of benzene rings is 1. The van der Waals surface area contributed by atoms with Crippen molar-refractivity contribution in [2.75, 3.05) is 0 Å². The van der Waals surface area contributed by atoms with Crippen LogP contribution >= 0.6 is 0 Å². The van der Waals surface area contributed by atoms with Crippen LogP contribution in [0.15, 0.2) is 48.8 Å². The normalized spacial score (nSPS) is 10.2. The number of rotatable bonds is 4. The van der Waals surface area contributed by atoms with Crippen molar-refractivity contribution in [3.05, 3.63) is 60.3 Å². The van der Waals surface area contributed by atoms with E-state index >= 15 is 0 Å². The summed E-state index contributed by atoms with van der Waals surface area (Å²) in [6, 6.07) is 9.49. The van der Waals surface area contributed by atoms with Gasteiger partial charge in [0.15, 0.2) is 0 Å². The maximum atomic E-state index is 13.2. The number of carbonyl (C=O) groups excluding carboxylic acids is 1. The number of aromatic nitrogens is 3. The Hall–Kier alpha value is -2.42. The third-order valence-corrected chi connectivity index (χ3v) is 3.56. The van der Waals surface area contributed by atoms with Crippen molar-refractivity contribution in [1.82, 2.24) is 14.8 Å². The van der Waals surface area contributed by atoms with E-state index in [0.29, 0.717) is 22.5 Å². The summed E-state index contributed by atoms with van der Waals surface area (Å²) >= 11 is 0. The van der Waals surface area contributed by atoms with Crippen molar-refractivity contribution in [3.63, 3.8) is 0 Å². The fraction of sp³-hybridized carbons (Fsp3) is 0.118. The van der Waals surface area contributed by atoms with E-state index in [1.54, 1.807) is 43.7 Å². The second kappa shape index (κ2) is 7.43. The molecule has 0 saturated heterocycles. The molecule has 2 aromatic heterocycles. The number of carboxylic acids is 1. The van der Waals surface area contributed by atoms with E-state index in [1.165, 1.54) is 16.8 Å². The smallest absolute Gasteiger partial charge is 0.550 e. The van der Waals surface area contributed by atoms with Gasteiger partial charge in [-0.3, -0.25) is 9.67 Å². The van der Waals surface area contributed by atoms with E-state index in [9.17, 15) is 14.3 Å². The number of nitrogens with zero attached hydrogens (tertiary/aromatic N) is 3. The van der Waals surface area contributed by atoms with E-state index < -0.39 is 5.97 Å². The molecule has 0 amide bonds. The number of hydrogen-bond acceptors (Lipinski definition) is 4. The number of aliphatic carboxylic acids is 1. The van der Waals surface area contributed by atoms with Crippen LogP contribution in [0.4, 0.5) is 4.39 Å². The van der Waals surface area contributed by atoms with Crippen molar-refractivity contribution in [2.24, 2.45) is 7.05 Å². The summed E-state index contributed by atoms with van der Waals surface area (Å²) in [6.07, 6.45) is 2.99. The third-order valence-electron chi connectivity index (χ3n) is 3.56. The molecule has 7 heteroatoms. The van der Waals surface area contributed by atoms with E-state index in [2.05, 4.69) is 10.1 Å². The van der Waals surface area contributed by atoms with Gasteiger partial charge in [0.2, 0.25) is 0 Å².